The van der Waals surface area contributed by atoms with Crippen LogP contribution in [0.3, 0.4) is 0 Å². The van der Waals surface area contributed by atoms with E-state index in [-0.39, 0.29) is 0 Å². The van der Waals surface area contributed by atoms with E-state index in [9.17, 15) is 5.11 Å². The first-order valence-electron chi connectivity index (χ1n) is 3.87. The lowest BCUT2D eigenvalue weighted by Crippen LogP contribution is -2.16. The average Bonchev–Trinajstić information content (AvgIpc) is 2.03. The van der Waals surface area contributed by atoms with Gasteiger partial charge in [-0.3, -0.25) is 0 Å². The van der Waals surface area contributed by atoms with Gasteiger partial charge in [0.2, 0.25) is 5.88 Å². The molecule has 1 N–H and O–H groups in total. The Bertz CT molecular complexity index is 307. The minimum Gasteiger partial charge on any atom is -0.481 e. The Morgan fingerprint density at radius 2 is 2.15 bits per heavy atom. The lowest BCUT2D eigenvalue weighted by Gasteiger charge is -2.19. The third kappa shape index (κ3) is 2.42. The molecule has 0 aliphatic carbocycles. The summed E-state index contributed by atoms with van der Waals surface area (Å²) in [4.78, 5) is 3.99. The van der Waals surface area contributed by atoms with Gasteiger partial charge in [0.15, 0.2) is 0 Å². The lowest BCUT2D eigenvalue weighted by atomic mass is 10.00. The number of pyridine rings is 1. The summed E-state index contributed by atoms with van der Waals surface area (Å²) in [7, 11) is 1.55. The first-order valence-corrected chi connectivity index (χ1v) is 4.67. The number of hydrogen-bond donors (Lipinski definition) is 1. The van der Waals surface area contributed by atoms with Crippen LogP contribution in [0.2, 0.25) is 0 Å². The highest BCUT2D eigenvalue weighted by Gasteiger charge is 2.20. The summed E-state index contributed by atoms with van der Waals surface area (Å²) in [6.07, 6.45) is 1.62. The molecule has 0 bridgehead atoms. The van der Waals surface area contributed by atoms with E-state index in [1.165, 1.54) is 0 Å². The van der Waals surface area contributed by atoms with Crippen LogP contribution in [0, 0.1) is 0 Å². The van der Waals surface area contributed by atoms with Crippen LogP contribution in [0.5, 0.6) is 5.88 Å². The van der Waals surface area contributed by atoms with Crippen molar-refractivity contribution in [3.05, 3.63) is 22.3 Å². The fourth-order valence-electron chi connectivity index (χ4n) is 1.000. The Hall–Kier alpha value is -0.610. The Morgan fingerprint density at radius 1 is 1.54 bits per heavy atom. The van der Waals surface area contributed by atoms with E-state index in [2.05, 4.69) is 20.9 Å². The van der Waals surface area contributed by atoms with Gasteiger partial charge < -0.3 is 9.84 Å². The van der Waals surface area contributed by atoms with E-state index in [1.807, 2.05) is 0 Å². The number of halogens is 1. The molecule has 0 aliphatic rings. The molecule has 0 aliphatic heterocycles. The van der Waals surface area contributed by atoms with Crippen LogP contribution in [-0.2, 0) is 5.60 Å². The molecule has 0 saturated carbocycles. The van der Waals surface area contributed by atoms with E-state index in [0.717, 1.165) is 10.0 Å². The normalized spacial score (nSPS) is 11.5. The number of ether oxygens (including phenoxy) is 1. The zero-order valence-corrected chi connectivity index (χ0v) is 9.42. The van der Waals surface area contributed by atoms with Gasteiger partial charge in [-0.1, -0.05) is 0 Å². The highest BCUT2D eigenvalue weighted by atomic mass is 79.9. The zero-order chi connectivity index (χ0) is 10.1. The predicted octanol–water partition coefficient (Wildman–Crippen LogP) is 2.08. The highest BCUT2D eigenvalue weighted by molar-refractivity contribution is 9.10. The molecule has 0 fully saturated rings. The quantitative estimate of drug-likeness (QED) is 0.868. The Labute approximate surface area is 85.9 Å². The van der Waals surface area contributed by atoms with Crippen molar-refractivity contribution in [1.82, 2.24) is 4.98 Å². The van der Waals surface area contributed by atoms with Gasteiger partial charge in [-0.2, -0.15) is 0 Å². The SMILES string of the molecule is COc1cc(C(C)(C)O)c(Br)cn1. The van der Waals surface area contributed by atoms with Crippen molar-refractivity contribution in [3.8, 4) is 5.88 Å². The lowest BCUT2D eigenvalue weighted by molar-refractivity contribution is 0.0774. The summed E-state index contributed by atoms with van der Waals surface area (Å²) < 4.78 is 5.74. The maximum absolute atomic E-state index is 9.78. The summed E-state index contributed by atoms with van der Waals surface area (Å²) in [6.45, 7) is 3.43. The van der Waals surface area contributed by atoms with Crippen LogP contribution in [0.15, 0.2) is 16.7 Å². The largest absolute Gasteiger partial charge is 0.481 e. The van der Waals surface area contributed by atoms with Gasteiger partial charge >= 0.3 is 0 Å². The average molecular weight is 246 g/mol. The number of hydrogen-bond acceptors (Lipinski definition) is 3. The molecule has 1 aromatic rings. The Balaban J connectivity index is 3.19. The Morgan fingerprint density at radius 3 is 2.62 bits per heavy atom. The first kappa shape index (κ1) is 10.5. The fraction of sp³-hybridized carbons (Fsp3) is 0.444. The van der Waals surface area contributed by atoms with Gasteiger partial charge in [-0.25, -0.2) is 4.98 Å². The molecule has 0 aromatic carbocycles. The fourth-order valence-corrected chi connectivity index (χ4v) is 1.70. The van der Waals surface area contributed by atoms with Crippen molar-refractivity contribution in [2.45, 2.75) is 19.4 Å². The van der Waals surface area contributed by atoms with Crippen LogP contribution < -0.4 is 4.74 Å². The third-order valence-corrected chi connectivity index (χ3v) is 2.33. The number of aliphatic hydroxyl groups is 1. The van der Waals surface area contributed by atoms with Crippen LogP contribution in [-0.4, -0.2) is 17.2 Å². The molecule has 0 spiro atoms. The maximum Gasteiger partial charge on any atom is 0.213 e. The second kappa shape index (κ2) is 3.64. The molecule has 0 atom stereocenters. The van der Waals surface area contributed by atoms with E-state index in [1.54, 1.807) is 33.2 Å². The second-order valence-electron chi connectivity index (χ2n) is 3.27. The van der Waals surface area contributed by atoms with Crippen LogP contribution in [0.1, 0.15) is 19.4 Å². The molecule has 0 amide bonds. The van der Waals surface area contributed by atoms with E-state index in [4.69, 9.17) is 4.74 Å². The first-order chi connectivity index (χ1) is 5.95. The minimum atomic E-state index is -0.894. The highest BCUT2D eigenvalue weighted by Crippen LogP contribution is 2.29. The number of methoxy groups -OCH3 is 1. The maximum atomic E-state index is 9.78. The van der Waals surface area contributed by atoms with Gasteiger partial charge in [-0.15, -0.1) is 0 Å². The summed E-state index contributed by atoms with van der Waals surface area (Å²) in [5.41, 5.74) is -0.131. The van der Waals surface area contributed by atoms with Crippen molar-refractivity contribution >= 4 is 15.9 Å². The molecule has 1 heterocycles. The van der Waals surface area contributed by atoms with Crippen molar-refractivity contribution in [2.24, 2.45) is 0 Å². The Kier molecular flexibility index (Phi) is 2.93. The van der Waals surface area contributed by atoms with E-state index in [0.29, 0.717) is 5.88 Å². The molecular weight excluding hydrogens is 234 g/mol. The zero-order valence-electron chi connectivity index (χ0n) is 7.84. The van der Waals surface area contributed by atoms with Crippen molar-refractivity contribution in [1.29, 1.82) is 0 Å². The van der Waals surface area contributed by atoms with Gasteiger partial charge in [0, 0.05) is 22.3 Å². The van der Waals surface area contributed by atoms with Gasteiger partial charge in [-0.05, 0) is 29.8 Å². The summed E-state index contributed by atoms with van der Waals surface area (Å²) >= 11 is 3.32. The van der Waals surface area contributed by atoms with Crippen LogP contribution in [0.25, 0.3) is 0 Å². The summed E-state index contributed by atoms with van der Waals surface area (Å²) in [5.74, 6) is 0.500. The van der Waals surface area contributed by atoms with Crippen molar-refractivity contribution < 1.29 is 9.84 Å². The van der Waals surface area contributed by atoms with Crippen LogP contribution >= 0.6 is 15.9 Å². The molecule has 3 nitrogen and oxygen atoms in total. The molecule has 1 aromatic heterocycles. The summed E-state index contributed by atoms with van der Waals surface area (Å²) in [6, 6.07) is 1.71. The van der Waals surface area contributed by atoms with Crippen molar-refractivity contribution in [2.75, 3.05) is 7.11 Å². The van der Waals surface area contributed by atoms with Gasteiger partial charge in [0.05, 0.1) is 12.7 Å². The van der Waals surface area contributed by atoms with E-state index < -0.39 is 5.60 Å². The van der Waals surface area contributed by atoms with Crippen molar-refractivity contribution in [3.63, 3.8) is 0 Å². The topological polar surface area (TPSA) is 42.4 Å². The molecule has 72 valence electrons. The van der Waals surface area contributed by atoms with Gasteiger partial charge in [0.1, 0.15) is 0 Å². The molecule has 0 radical (unpaired) electrons. The molecule has 0 unspecified atom stereocenters. The number of rotatable bonds is 2. The molecule has 1 rings (SSSR count). The van der Waals surface area contributed by atoms with E-state index >= 15 is 0 Å². The standard InChI is InChI=1S/C9H12BrNO2/c1-9(2,12)6-4-8(13-3)11-5-7(6)10/h4-5,12H,1-3H3. The van der Waals surface area contributed by atoms with Crippen LogP contribution in [0.4, 0.5) is 0 Å². The molecule has 0 saturated heterocycles. The smallest absolute Gasteiger partial charge is 0.213 e. The molecular formula is C9H12BrNO2. The molecule has 13 heavy (non-hydrogen) atoms. The monoisotopic (exact) mass is 245 g/mol. The molecule has 4 heteroatoms. The second-order valence-corrected chi connectivity index (χ2v) is 4.12. The minimum absolute atomic E-state index is 0.500. The third-order valence-electron chi connectivity index (χ3n) is 1.70. The summed E-state index contributed by atoms with van der Waals surface area (Å²) in [5, 5.41) is 9.78. The number of nitrogens with zero attached hydrogens (tertiary/aromatic N) is 1. The number of aromatic nitrogens is 1. The van der Waals surface area contributed by atoms with Gasteiger partial charge in [0.25, 0.3) is 0 Å². The predicted molar refractivity (Wildman–Crippen MR) is 53.7 cm³/mol.